The minimum Gasteiger partial charge on any atom is -0.430 e. The van der Waals surface area contributed by atoms with Gasteiger partial charge >= 0.3 is 26.8 Å². The minimum atomic E-state index is -5.00. The fraction of sp³-hybridized carbons (Fsp3) is 0.833. The molecule has 0 rings (SSSR count). The van der Waals surface area contributed by atoms with E-state index in [4.69, 9.17) is 4.89 Å². The number of rotatable bonds is 4. The van der Waals surface area contributed by atoms with Gasteiger partial charge in [-0.3, -0.25) is 0 Å². The van der Waals surface area contributed by atoms with E-state index >= 15 is 0 Å². The zero-order valence-corrected chi connectivity index (χ0v) is 9.34. The third-order valence-corrected chi connectivity index (χ3v) is 1.69. The number of hydrogen-bond donors (Lipinski definition) is 1. The maximum atomic E-state index is 11.9. The lowest BCUT2D eigenvalue weighted by atomic mass is 10.2. The van der Waals surface area contributed by atoms with Crippen LogP contribution in [0.2, 0.25) is 0 Å². The number of halogens is 6. The van der Waals surface area contributed by atoms with E-state index in [1.54, 1.807) is 0 Å². The first-order valence-corrected chi connectivity index (χ1v) is 5.40. The first-order chi connectivity index (χ1) is 7.89. The molecule has 18 heavy (non-hydrogen) atoms. The summed E-state index contributed by atoms with van der Waals surface area (Å²) in [4.78, 5) is 18.6. The molecule has 5 nitrogen and oxygen atoms in total. The SMILES string of the molecule is O=C(OC(CC(F)(F)F)CC(F)(F)F)O[PH](=O)O. The van der Waals surface area contributed by atoms with Crippen LogP contribution in [0.15, 0.2) is 0 Å². The van der Waals surface area contributed by atoms with Crippen LogP contribution in [0.1, 0.15) is 12.8 Å². The largest absolute Gasteiger partial charge is 0.515 e. The highest BCUT2D eigenvalue weighted by atomic mass is 31.1. The van der Waals surface area contributed by atoms with Gasteiger partial charge in [-0.2, -0.15) is 26.3 Å². The van der Waals surface area contributed by atoms with Gasteiger partial charge in [0.05, 0.1) is 12.8 Å². The number of alkyl halides is 6. The summed E-state index contributed by atoms with van der Waals surface area (Å²) in [7, 11) is -3.85. The molecule has 0 saturated heterocycles. The summed E-state index contributed by atoms with van der Waals surface area (Å²) in [5.74, 6) is 0. The molecule has 108 valence electrons. The van der Waals surface area contributed by atoms with Crippen LogP contribution in [0.25, 0.3) is 0 Å². The Bertz CT molecular complexity index is 297. The van der Waals surface area contributed by atoms with Crippen molar-refractivity contribution in [3.63, 3.8) is 0 Å². The Balaban J connectivity index is 4.57. The van der Waals surface area contributed by atoms with Crippen molar-refractivity contribution in [1.82, 2.24) is 0 Å². The predicted octanol–water partition coefficient (Wildman–Crippen LogP) is 2.80. The molecule has 0 aliphatic carbocycles. The zero-order valence-electron chi connectivity index (χ0n) is 8.34. The van der Waals surface area contributed by atoms with Crippen LogP contribution in [-0.2, 0) is 13.8 Å². The average Bonchev–Trinajstić information content (AvgIpc) is 1.92. The molecule has 0 amide bonds. The van der Waals surface area contributed by atoms with Gasteiger partial charge in [-0.1, -0.05) is 0 Å². The zero-order chi connectivity index (χ0) is 14.6. The van der Waals surface area contributed by atoms with E-state index in [0.717, 1.165) is 0 Å². The van der Waals surface area contributed by atoms with Crippen LogP contribution in [0.4, 0.5) is 31.1 Å². The Kier molecular flexibility index (Phi) is 5.94. The summed E-state index contributed by atoms with van der Waals surface area (Å²) in [6.07, 6.45) is -18.7. The normalized spacial score (nSPS) is 14.4. The number of hydrogen-bond acceptors (Lipinski definition) is 4. The molecule has 1 atom stereocenters. The quantitative estimate of drug-likeness (QED) is 0.491. The van der Waals surface area contributed by atoms with Crippen LogP contribution in [0, 0.1) is 0 Å². The van der Waals surface area contributed by atoms with Crippen LogP contribution < -0.4 is 0 Å². The summed E-state index contributed by atoms with van der Waals surface area (Å²) in [6, 6.07) is 0. The molecule has 0 aliphatic heterocycles. The average molecular weight is 304 g/mol. The fourth-order valence-electron chi connectivity index (χ4n) is 0.903. The molecule has 12 heteroatoms. The van der Waals surface area contributed by atoms with Gasteiger partial charge in [-0.25, -0.2) is 9.36 Å². The predicted molar refractivity (Wildman–Crippen MR) is 43.9 cm³/mol. The summed E-state index contributed by atoms with van der Waals surface area (Å²) in [6.45, 7) is 0. The third kappa shape index (κ3) is 10.2. The van der Waals surface area contributed by atoms with Crippen molar-refractivity contribution in [3.8, 4) is 0 Å². The summed E-state index contributed by atoms with van der Waals surface area (Å²) < 4.78 is 88.4. The molecule has 0 aromatic carbocycles. The molecule has 1 unspecified atom stereocenters. The first kappa shape index (κ1) is 17.0. The number of carbonyl (C=O) groups is 1. The van der Waals surface area contributed by atoms with Gasteiger partial charge in [0.25, 0.3) is 0 Å². The maximum Gasteiger partial charge on any atom is 0.515 e. The Morgan fingerprint density at radius 3 is 1.78 bits per heavy atom. The Morgan fingerprint density at radius 1 is 1.11 bits per heavy atom. The van der Waals surface area contributed by atoms with Crippen molar-refractivity contribution >= 4 is 14.4 Å². The van der Waals surface area contributed by atoms with Gasteiger partial charge in [0.1, 0.15) is 6.10 Å². The molecular formula is C6H7F6O5P. The highest BCUT2D eigenvalue weighted by molar-refractivity contribution is 7.32. The lowest BCUT2D eigenvalue weighted by Gasteiger charge is -2.19. The molecule has 0 radical (unpaired) electrons. The van der Waals surface area contributed by atoms with Crippen molar-refractivity contribution in [1.29, 1.82) is 0 Å². The summed E-state index contributed by atoms with van der Waals surface area (Å²) >= 11 is 0. The first-order valence-electron chi connectivity index (χ1n) is 4.14. The molecule has 0 aromatic rings. The monoisotopic (exact) mass is 304 g/mol. The molecule has 0 heterocycles. The molecule has 0 bridgehead atoms. The van der Waals surface area contributed by atoms with Gasteiger partial charge in [0.15, 0.2) is 0 Å². The molecule has 0 saturated carbocycles. The number of ether oxygens (including phenoxy) is 1. The Labute approximate surface area is 96.6 Å². The lowest BCUT2D eigenvalue weighted by Crippen LogP contribution is -2.29. The second-order valence-electron chi connectivity index (χ2n) is 3.00. The van der Waals surface area contributed by atoms with Gasteiger partial charge in [-0.15, -0.1) is 0 Å². The Hall–Kier alpha value is -0.960. The molecule has 0 aromatic heterocycles. The summed E-state index contributed by atoms with van der Waals surface area (Å²) in [5, 5.41) is 0. The van der Waals surface area contributed by atoms with Crippen molar-refractivity contribution < 1.29 is 49.9 Å². The summed E-state index contributed by atoms with van der Waals surface area (Å²) in [5.41, 5.74) is 0. The molecule has 0 aliphatic rings. The van der Waals surface area contributed by atoms with E-state index in [9.17, 15) is 35.7 Å². The van der Waals surface area contributed by atoms with E-state index < -0.39 is 45.7 Å². The highest BCUT2D eigenvalue weighted by Crippen LogP contribution is 2.31. The van der Waals surface area contributed by atoms with E-state index in [1.165, 1.54) is 0 Å². The molecule has 0 spiro atoms. The van der Waals surface area contributed by atoms with Crippen molar-refractivity contribution in [2.24, 2.45) is 0 Å². The standard InChI is InChI=1S/C6H7F6O5P/c7-5(8,9)1-3(2-6(10,11)12)16-4(13)17-18(14)15/h3,18H,1-2H2,(H,14,15). The maximum absolute atomic E-state index is 11.9. The van der Waals surface area contributed by atoms with Crippen LogP contribution in [0.3, 0.4) is 0 Å². The highest BCUT2D eigenvalue weighted by Gasteiger charge is 2.41. The molecule has 1 N–H and O–H groups in total. The third-order valence-electron chi connectivity index (χ3n) is 1.35. The van der Waals surface area contributed by atoms with Crippen molar-refractivity contribution in [3.05, 3.63) is 0 Å². The fourth-order valence-corrected chi connectivity index (χ4v) is 1.09. The second-order valence-corrected chi connectivity index (χ2v) is 3.73. The second kappa shape index (κ2) is 6.28. The van der Waals surface area contributed by atoms with Gasteiger partial charge in [0, 0.05) is 0 Å². The van der Waals surface area contributed by atoms with Crippen LogP contribution in [0.5, 0.6) is 0 Å². The van der Waals surface area contributed by atoms with Gasteiger partial charge in [0.2, 0.25) is 0 Å². The van der Waals surface area contributed by atoms with Crippen LogP contribution in [-0.4, -0.2) is 29.5 Å². The van der Waals surface area contributed by atoms with E-state index in [2.05, 4.69) is 9.26 Å². The van der Waals surface area contributed by atoms with E-state index in [1.807, 2.05) is 0 Å². The number of carbonyl (C=O) groups excluding carboxylic acids is 1. The van der Waals surface area contributed by atoms with Crippen molar-refractivity contribution in [2.75, 3.05) is 0 Å². The van der Waals surface area contributed by atoms with E-state index in [0.29, 0.717) is 0 Å². The molecular weight excluding hydrogens is 297 g/mol. The smallest absolute Gasteiger partial charge is 0.430 e. The van der Waals surface area contributed by atoms with Crippen LogP contribution >= 0.6 is 8.25 Å². The lowest BCUT2D eigenvalue weighted by molar-refractivity contribution is -0.186. The van der Waals surface area contributed by atoms with Gasteiger partial charge in [-0.05, 0) is 0 Å². The minimum absolute atomic E-state index is 2.05. The van der Waals surface area contributed by atoms with Crippen molar-refractivity contribution in [2.45, 2.75) is 31.3 Å². The molecule has 0 fully saturated rings. The van der Waals surface area contributed by atoms with E-state index in [-0.39, 0.29) is 0 Å². The topological polar surface area (TPSA) is 72.8 Å². The van der Waals surface area contributed by atoms with Gasteiger partial charge < -0.3 is 14.2 Å². The Morgan fingerprint density at radius 2 is 1.50 bits per heavy atom.